The highest BCUT2D eigenvalue weighted by Crippen LogP contribution is 2.05. The smallest absolute Gasteiger partial charge is 0.303 e. The zero-order valence-electron chi connectivity index (χ0n) is 10.5. The molecule has 0 aliphatic carbocycles. The molecule has 1 aromatic rings. The Morgan fingerprint density at radius 3 is 2.74 bits per heavy atom. The molecule has 0 aliphatic rings. The minimum atomic E-state index is -0.885. The van der Waals surface area contributed by atoms with Crippen molar-refractivity contribution in [1.82, 2.24) is 9.47 Å². The van der Waals surface area contributed by atoms with Crippen molar-refractivity contribution < 1.29 is 14.7 Å². The number of carbonyl (C=O) groups excluding carboxylic acids is 1. The average Bonchev–Trinajstić information content (AvgIpc) is 2.33. The maximum atomic E-state index is 11.9. The van der Waals surface area contributed by atoms with E-state index in [0.717, 1.165) is 0 Å². The Morgan fingerprint density at radius 1 is 1.42 bits per heavy atom. The fraction of sp³-hybridized carbons (Fsp3) is 0.417. The van der Waals surface area contributed by atoms with E-state index in [-0.39, 0.29) is 24.4 Å². The molecule has 0 bridgehead atoms. The summed E-state index contributed by atoms with van der Waals surface area (Å²) in [5, 5.41) is 8.51. The molecular weight excluding hydrogens is 316 g/mol. The molecule has 6 nitrogen and oxygen atoms in total. The molecule has 0 saturated carbocycles. The summed E-state index contributed by atoms with van der Waals surface area (Å²) >= 11 is 3.23. The van der Waals surface area contributed by atoms with E-state index in [9.17, 15) is 14.4 Å². The van der Waals surface area contributed by atoms with E-state index in [0.29, 0.717) is 17.4 Å². The number of aliphatic carboxylic acids is 1. The minimum absolute atomic E-state index is 0.0223. The number of hydrogen-bond donors (Lipinski definition) is 1. The number of likely N-dealkylation sites (N-methyl/N-ethyl adjacent to an activating group) is 1. The van der Waals surface area contributed by atoms with Gasteiger partial charge >= 0.3 is 5.97 Å². The molecule has 1 N–H and O–H groups in total. The summed E-state index contributed by atoms with van der Waals surface area (Å²) < 4.78 is 2.02. The van der Waals surface area contributed by atoms with Crippen molar-refractivity contribution in [3.8, 4) is 0 Å². The summed E-state index contributed by atoms with van der Waals surface area (Å²) in [5.74, 6) is -1.12. The molecule has 0 aromatic carbocycles. The molecule has 19 heavy (non-hydrogen) atoms. The topological polar surface area (TPSA) is 79.6 Å². The summed E-state index contributed by atoms with van der Waals surface area (Å²) in [6.07, 6.45) is 1.96. The van der Waals surface area contributed by atoms with Crippen LogP contribution in [0.3, 0.4) is 0 Å². The molecule has 0 atom stereocenters. The number of hydrogen-bond acceptors (Lipinski definition) is 3. The van der Waals surface area contributed by atoms with Crippen LogP contribution in [0, 0.1) is 0 Å². The fourth-order valence-corrected chi connectivity index (χ4v) is 1.86. The predicted octanol–water partition coefficient (Wildman–Crippen LogP) is 0.934. The molecule has 0 spiro atoms. The molecule has 1 rings (SSSR count). The lowest BCUT2D eigenvalue weighted by atomic mass is 10.3. The van der Waals surface area contributed by atoms with Gasteiger partial charge in [-0.25, -0.2) is 0 Å². The Balaban J connectivity index is 2.56. The molecular formula is C12H15BrN2O4. The Hall–Kier alpha value is -1.63. The molecule has 1 heterocycles. The van der Waals surface area contributed by atoms with Gasteiger partial charge in [-0.3, -0.25) is 14.4 Å². The first-order valence-corrected chi connectivity index (χ1v) is 6.51. The Kier molecular flexibility index (Phi) is 5.75. The third-order valence-electron chi connectivity index (χ3n) is 2.56. The van der Waals surface area contributed by atoms with Crippen LogP contribution in [-0.4, -0.2) is 40.0 Å². The molecule has 0 saturated heterocycles. The van der Waals surface area contributed by atoms with Gasteiger partial charge < -0.3 is 14.6 Å². The van der Waals surface area contributed by atoms with Crippen LogP contribution in [-0.2, 0) is 16.1 Å². The van der Waals surface area contributed by atoms with Gasteiger partial charge in [-0.15, -0.1) is 0 Å². The van der Waals surface area contributed by atoms with Crippen molar-refractivity contribution in [3.63, 3.8) is 0 Å². The van der Waals surface area contributed by atoms with Crippen LogP contribution in [0.4, 0.5) is 0 Å². The number of nitrogens with zero attached hydrogens (tertiary/aromatic N) is 2. The zero-order chi connectivity index (χ0) is 14.4. The van der Waals surface area contributed by atoms with E-state index in [1.807, 2.05) is 0 Å². The number of pyridine rings is 1. The molecule has 0 aliphatic heterocycles. The van der Waals surface area contributed by atoms with Crippen molar-refractivity contribution in [2.24, 2.45) is 0 Å². The summed E-state index contributed by atoms with van der Waals surface area (Å²) in [4.78, 5) is 35.2. The predicted molar refractivity (Wildman–Crippen MR) is 72.9 cm³/mol. The highest BCUT2D eigenvalue weighted by atomic mass is 79.9. The summed E-state index contributed by atoms with van der Waals surface area (Å²) in [5.41, 5.74) is -0.254. The summed E-state index contributed by atoms with van der Waals surface area (Å²) in [6.45, 7) is 0.301. The number of aromatic nitrogens is 1. The molecule has 104 valence electrons. The average molecular weight is 331 g/mol. The van der Waals surface area contributed by atoms with Crippen LogP contribution in [0.5, 0.6) is 0 Å². The number of amides is 1. The van der Waals surface area contributed by atoms with E-state index >= 15 is 0 Å². The molecule has 0 unspecified atom stereocenters. The van der Waals surface area contributed by atoms with E-state index in [2.05, 4.69) is 15.9 Å². The first kappa shape index (κ1) is 15.4. The molecule has 7 heteroatoms. The van der Waals surface area contributed by atoms with Gasteiger partial charge in [-0.2, -0.15) is 0 Å². The van der Waals surface area contributed by atoms with Crippen LogP contribution >= 0.6 is 15.9 Å². The highest BCUT2D eigenvalue weighted by Gasteiger charge is 2.10. The second kappa shape index (κ2) is 7.08. The van der Waals surface area contributed by atoms with Gasteiger partial charge in [0.25, 0.3) is 5.56 Å². The van der Waals surface area contributed by atoms with E-state index in [1.165, 1.54) is 15.5 Å². The van der Waals surface area contributed by atoms with Crippen LogP contribution in [0.2, 0.25) is 0 Å². The molecule has 0 radical (unpaired) electrons. The van der Waals surface area contributed by atoms with E-state index in [1.54, 1.807) is 19.3 Å². The van der Waals surface area contributed by atoms with Crippen molar-refractivity contribution in [3.05, 3.63) is 33.2 Å². The number of carboxylic acid groups (broad SMARTS) is 1. The lowest BCUT2D eigenvalue weighted by Crippen LogP contribution is -2.34. The SMILES string of the molecule is CN(CCCC(=O)O)C(=O)Cn1cc(Br)ccc1=O. The molecule has 0 fully saturated rings. The first-order valence-electron chi connectivity index (χ1n) is 5.72. The van der Waals surface area contributed by atoms with E-state index in [4.69, 9.17) is 5.11 Å². The van der Waals surface area contributed by atoms with Gasteiger partial charge in [0.05, 0.1) is 0 Å². The van der Waals surface area contributed by atoms with E-state index < -0.39 is 5.97 Å². The van der Waals surface area contributed by atoms with Gasteiger partial charge in [0, 0.05) is 36.7 Å². The number of rotatable bonds is 6. The lowest BCUT2D eigenvalue weighted by molar-refractivity contribution is -0.138. The van der Waals surface area contributed by atoms with Gasteiger partial charge in [0.2, 0.25) is 5.91 Å². The summed E-state index contributed by atoms with van der Waals surface area (Å²) in [7, 11) is 1.59. The third-order valence-corrected chi connectivity index (χ3v) is 3.03. The normalized spacial score (nSPS) is 10.2. The standard InChI is InChI=1S/C12H15BrN2O4/c1-14(6-2-3-12(18)19)11(17)8-15-7-9(13)4-5-10(15)16/h4-5,7H,2-3,6,8H2,1H3,(H,18,19). The van der Waals surface area contributed by atoms with Crippen molar-refractivity contribution in [2.45, 2.75) is 19.4 Å². The van der Waals surface area contributed by atoms with Gasteiger partial charge in [-0.05, 0) is 28.4 Å². The van der Waals surface area contributed by atoms with Gasteiger partial charge in [0.1, 0.15) is 6.54 Å². The van der Waals surface area contributed by atoms with Gasteiger partial charge in [-0.1, -0.05) is 0 Å². The van der Waals surface area contributed by atoms with Crippen LogP contribution in [0.15, 0.2) is 27.6 Å². The Labute approximate surface area is 118 Å². The number of carboxylic acids is 1. The fourth-order valence-electron chi connectivity index (χ4n) is 1.48. The number of carbonyl (C=O) groups is 2. The second-order valence-corrected chi connectivity index (χ2v) is 5.04. The second-order valence-electron chi connectivity index (χ2n) is 4.13. The largest absolute Gasteiger partial charge is 0.481 e. The minimum Gasteiger partial charge on any atom is -0.481 e. The van der Waals surface area contributed by atoms with Crippen LogP contribution < -0.4 is 5.56 Å². The molecule has 1 aromatic heterocycles. The van der Waals surface area contributed by atoms with Crippen molar-refractivity contribution in [2.75, 3.05) is 13.6 Å². The maximum absolute atomic E-state index is 11.9. The summed E-state index contributed by atoms with van der Waals surface area (Å²) in [6, 6.07) is 2.99. The quantitative estimate of drug-likeness (QED) is 0.841. The number of halogens is 1. The van der Waals surface area contributed by atoms with Crippen LogP contribution in [0.25, 0.3) is 0 Å². The lowest BCUT2D eigenvalue weighted by Gasteiger charge is -2.17. The first-order chi connectivity index (χ1) is 8.90. The Morgan fingerprint density at radius 2 is 2.11 bits per heavy atom. The van der Waals surface area contributed by atoms with Gasteiger partial charge in [0.15, 0.2) is 0 Å². The van der Waals surface area contributed by atoms with Crippen molar-refractivity contribution >= 4 is 27.8 Å². The van der Waals surface area contributed by atoms with Crippen LogP contribution in [0.1, 0.15) is 12.8 Å². The third kappa shape index (κ3) is 5.25. The monoisotopic (exact) mass is 330 g/mol. The molecule has 1 amide bonds. The Bertz CT molecular complexity index is 527. The maximum Gasteiger partial charge on any atom is 0.303 e. The zero-order valence-corrected chi connectivity index (χ0v) is 12.1. The highest BCUT2D eigenvalue weighted by molar-refractivity contribution is 9.10. The van der Waals surface area contributed by atoms with Crippen molar-refractivity contribution in [1.29, 1.82) is 0 Å².